The van der Waals surface area contributed by atoms with Crippen molar-refractivity contribution < 1.29 is 21.7 Å². The van der Waals surface area contributed by atoms with Crippen LogP contribution in [0.25, 0.3) is 22.4 Å². The third kappa shape index (κ3) is 2.97. The van der Waals surface area contributed by atoms with Gasteiger partial charge in [-0.25, -0.2) is 17.6 Å². The lowest BCUT2D eigenvalue weighted by Gasteiger charge is -2.25. The Morgan fingerprint density at radius 2 is 1.93 bits per heavy atom. The molecular formula is C19H14FN3O5S. The summed E-state index contributed by atoms with van der Waals surface area (Å²) in [4.78, 5) is 13.8. The van der Waals surface area contributed by atoms with Crippen molar-refractivity contribution in [2.45, 2.75) is 17.9 Å². The molecule has 1 aliphatic rings. The molecule has 0 fully saturated rings. The van der Waals surface area contributed by atoms with E-state index >= 15 is 0 Å². The molecule has 10 heteroatoms. The van der Waals surface area contributed by atoms with Gasteiger partial charge in [0, 0.05) is 23.7 Å². The zero-order valence-electron chi connectivity index (χ0n) is 14.9. The number of sulfonamides is 1. The number of nitrogens with zero attached hydrogens (tertiary/aromatic N) is 2. The fourth-order valence-corrected chi connectivity index (χ4v) is 4.89. The first kappa shape index (κ1) is 17.8. The molecule has 1 aliphatic heterocycles. The van der Waals surface area contributed by atoms with Crippen molar-refractivity contribution >= 4 is 21.1 Å². The minimum Gasteiger partial charge on any atom is -0.408 e. The molecule has 1 N–H and O–H groups in total. The lowest BCUT2D eigenvalue weighted by atomic mass is 10.0. The average molecular weight is 415 g/mol. The van der Waals surface area contributed by atoms with Gasteiger partial charge in [0.25, 0.3) is 0 Å². The fraction of sp³-hybridized carbons (Fsp3) is 0.158. The Kier molecular flexibility index (Phi) is 3.93. The number of halogens is 1. The van der Waals surface area contributed by atoms with E-state index < -0.39 is 15.8 Å². The van der Waals surface area contributed by atoms with Crippen LogP contribution in [-0.2, 0) is 23.0 Å². The predicted octanol–water partition coefficient (Wildman–Crippen LogP) is 2.66. The second kappa shape index (κ2) is 6.39. The first-order valence-electron chi connectivity index (χ1n) is 8.78. The number of hydrogen-bond donors (Lipinski definition) is 1. The summed E-state index contributed by atoms with van der Waals surface area (Å²) in [6.45, 7) is 0.289. The number of oxazole rings is 1. The van der Waals surface area contributed by atoms with Crippen molar-refractivity contribution in [1.29, 1.82) is 0 Å². The summed E-state index contributed by atoms with van der Waals surface area (Å²) >= 11 is 0. The molecular weight excluding hydrogens is 401 g/mol. The molecule has 3 heterocycles. The molecule has 0 saturated carbocycles. The van der Waals surface area contributed by atoms with E-state index in [0.717, 1.165) is 5.56 Å². The van der Waals surface area contributed by atoms with Crippen LogP contribution in [0, 0.1) is 5.82 Å². The Hall–Kier alpha value is -3.24. The zero-order valence-corrected chi connectivity index (χ0v) is 15.7. The van der Waals surface area contributed by atoms with E-state index in [0.29, 0.717) is 29.0 Å². The molecule has 0 unspecified atom stereocenters. The standard InChI is InChI=1S/C19H14FN3O5S/c20-12-3-1-11(2-4-12)18-14-7-8-23(10-16(14)22-28-18)29(25,26)13-5-6-15-17(9-13)27-19(24)21-15/h1-6,9H,7-8,10H2,(H,21,24). The Morgan fingerprint density at radius 1 is 1.14 bits per heavy atom. The van der Waals surface area contributed by atoms with Gasteiger partial charge in [-0.1, -0.05) is 5.16 Å². The van der Waals surface area contributed by atoms with Gasteiger partial charge in [0.2, 0.25) is 10.0 Å². The van der Waals surface area contributed by atoms with Crippen LogP contribution in [0.5, 0.6) is 0 Å². The van der Waals surface area contributed by atoms with Gasteiger partial charge in [-0.3, -0.25) is 4.98 Å². The van der Waals surface area contributed by atoms with Crippen LogP contribution in [0.1, 0.15) is 11.3 Å². The molecule has 5 rings (SSSR count). The van der Waals surface area contributed by atoms with E-state index in [1.807, 2.05) is 0 Å². The highest BCUT2D eigenvalue weighted by atomic mass is 32.2. The molecule has 0 saturated heterocycles. The number of aromatic nitrogens is 2. The summed E-state index contributed by atoms with van der Waals surface area (Å²) in [6.07, 6.45) is 0.409. The minimum atomic E-state index is -3.82. The van der Waals surface area contributed by atoms with Crippen LogP contribution in [-0.4, -0.2) is 29.4 Å². The van der Waals surface area contributed by atoms with E-state index in [2.05, 4.69) is 10.1 Å². The molecule has 0 atom stereocenters. The third-order valence-corrected chi connectivity index (χ3v) is 6.78. The predicted molar refractivity (Wildman–Crippen MR) is 100 cm³/mol. The molecule has 0 spiro atoms. The summed E-state index contributed by atoms with van der Waals surface area (Å²) in [5, 5.41) is 4.03. The number of fused-ring (bicyclic) bond motifs is 2. The van der Waals surface area contributed by atoms with E-state index in [1.54, 1.807) is 12.1 Å². The maximum Gasteiger partial charge on any atom is 0.417 e. The first-order chi connectivity index (χ1) is 13.9. The highest BCUT2D eigenvalue weighted by Crippen LogP contribution is 2.32. The van der Waals surface area contributed by atoms with E-state index in [9.17, 15) is 17.6 Å². The number of H-pyrrole nitrogens is 1. The monoisotopic (exact) mass is 415 g/mol. The molecule has 2 aromatic heterocycles. The summed E-state index contributed by atoms with van der Waals surface area (Å²) in [6, 6.07) is 10.1. The Balaban J connectivity index is 1.46. The van der Waals surface area contributed by atoms with Crippen LogP contribution in [0.2, 0.25) is 0 Å². The number of benzene rings is 2. The Morgan fingerprint density at radius 3 is 2.72 bits per heavy atom. The Labute approximate surface area is 163 Å². The molecule has 0 amide bonds. The zero-order chi connectivity index (χ0) is 20.2. The second-order valence-corrected chi connectivity index (χ2v) is 8.64. The quantitative estimate of drug-likeness (QED) is 0.551. The van der Waals surface area contributed by atoms with Gasteiger partial charge in [-0.2, -0.15) is 4.31 Å². The summed E-state index contributed by atoms with van der Waals surface area (Å²) in [7, 11) is -3.82. The first-order valence-corrected chi connectivity index (χ1v) is 10.2. The summed E-state index contributed by atoms with van der Waals surface area (Å²) in [5.41, 5.74) is 2.62. The van der Waals surface area contributed by atoms with Gasteiger partial charge in [-0.05, 0) is 42.8 Å². The van der Waals surface area contributed by atoms with Crippen molar-refractivity contribution in [1.82, 2.24) is 14.4 Å². The number of rotatable bonds is 3. The highest BCUT2D eigenvalue weighted by Gasteiger charge is 2.32. The lowest BCUT2D eigenvalue weighted by molar-refractivity contribution is 0.371. The van der Waals surface area contributed by atoms with E-state index in [1.165, 1.54) is 34.6 Å². The summed E-state index contributed by atoms with van der Waals surface area (Å²) in [5.74, 6) is -0.477. The smallest absolute Gasteiger partial charge is 0.408 e. The summed E-state index contributed by atoms with van der Waals surface area (Å²) < 4.78 is 51.0. The van der Waals surface area contributed by atoms with Gasteiger partial charge < -0.3 is 8.94 Å². The van der Waals surface area contributed by atoms with Crippen molar-refractivity contribution in [2.75, 3.05) is 6.54 Å². The van der Waals surface area contributed by atoms with Gasteiger partial charge in [-0.15, -0.1) is 0 Å². The largest absolute Gasteiger partial charge is 0.417 e. The van der Waals surface area contributed by atoms with Crippen molar-refractivity contribution in [3.8, 4) is 11.3 Å². The normalized spacial score (nSPS) is 14.9. The molecule has 0 aliphatic carbocycles. The molecule has 148 valence electrons. The topological polar surface area (TPSA) is 109 Å². The molecule has 0 bridgehead atoms. The van der Waals surface area contributed by atoms with E-state index in [4.69, 9.17) is 8.94 Å². The van der Waals surface area contributed by atoms with Crippen LogP contribution in [0.3, 0.4) is 0 Å². The van der Waals surface area contributed by atoms with Crippen LogP contribution in [0.15, 0.2) is 61.1 Å². The highest BCUT2D eigenvalue weighted by molar-refractivity contribution is 7.89. The molecule has 4 aromatic rings. The fourth-order valence-electron chi connectivity index (χ4n) is 3.48. The van der Waals surface area contributed by atoms with Gasteiger partial charge in [0.1, 0.15) is 11.5 Å². The number of nitrogens with one attached hydrogen (secondary N) is 1. The van der Waals surface area contributed by atoms with Gasteiger partial charge >= 0.3 is 5.76 Å². The maximum atomic E-state index is 13.2. The number of hydrogen-bond acceptors (Lipinski definition) is 6. The van der Waals surface area contributed by atoms with Crippen molar-refractivity contribution in [2.24, 2.45) is 0 Å². The Bertz CT molecular complexity index is 1390. The SMILES string of the molecule is O=c1[nH]c2ccc(S(=O)(=O)N3CCc4c(noc4-c4ccc(F)cc4)C3)cc2o1. The second-order valence-electron chi connectivity index (χ2n) is 6.70. The van der Waals surface area contributed by atoms with E-state index in [-0.39, 0.29) is 29.4 Å². The third-order valence-electron chi connectivity index (χ3n) is 4.94. The average Bonchev–Trinajstić information content (AvgIpc) is 3.29. The molecule has 29 heavy (non-hydrogen) atoms. The maximum absolute atomic E-state index is 13.2. The molecule has 0 radical (unpaired) electrons. The number of aromatic amines is 1. The van der Waals surface area contributed by atoms with Crippen LogP contribution < -0.4 is 5.76 Å². The lowest BCUT2D eigenvalue weighted by Crippen LogP contribution is -2.36. The molecule has 8 nitrogen and oxygen atoms in total. The van der Waals surface area contributed by atoms with Crippen molar-refractivity contribution in [3.63, 3.8) is 0 Å². The molecule has 2 aromatic carbocycles. The van der Waals surface area contributed by atoms with Gasteiger partial charge in [0.15, 0.2) is 11.3 Å². The van der Waals surface area contributed by atoms with Crippen LogP contribution in [0.4, 0.5) is 4.39 Å². The minimum absolute atomic E-state index is 0.0263. The van der Waals surface area contributed by atoms with Crippen LogP contribution >= 0.6 is 0 Å². The van der Waals surface area contributed by atoms with Crippen molar-refractivity contribution in [3.05, 3.63) is 70.1 Å². The van der Waals surface area contributed by atoms with Gasteiger partial charge in [0.05, 0.1) is 17.0 Å².